The molecule has 0 aliphatic carbocycles. The van der Waals surface area contributed by atoms with E-state index in [1.165, 1.54) is 17.2 Å². The van der Waals surface area contributed by atoms with Gasteiger partial charge in [-0.15, -0.1) is 0 Å². The Labute approximate surface area is 120 Å². The van der Waals surface area contributed by atoms with Gasteiger partial charge in [0.1, 0.15) is 5.82 Å². The Morgan fingerprint density at radius 2 is 1.90 bits per heavy atom. The van der Waals surface area contributed by atoms with Crippen LogP contribution in [0.3, 0.4) is 0 Å². The van der Waals surface area contributed by atoms with Gasteiger partial charge < -0.3 is 5.32 Å². The van der Waals surface area contributed by atoms with E-state index in [0.29, 0.717) is 5.92 Å². The molecule has 0 spiro atoms. The van der Waals surface area contributed by atoms with Gasteiger partial charge in [-0.3, -0.25) is 0 Å². The summed E-state index contributed by atoms with van der Waals surface area (Å²) in [5, 5.41) is 3.38. The first-order valence-corrected chi connectivity index (χ1v) is 7.20. The second-order valence-corrected chi connectivity index (χ2v) is 5.25. The number of hydrogen-bond donors (Lipinski definition) is 1. The van der Waals surface area contributed by atoms with Gasteiger partial charge in [0.2, 0.25) is 0 Å². The van der Waals surface area contributed by atoms with E-state index in [9.17, 15) is 4.39 Å². The van der Waals surface area contributed by atoms with Crippen LogP contribution in [0, 0.1) is 12.7 Å². The van der Waals surface area contributed by atoms with Crippen LogP contribution in [0.1, 0.15) is 29.5 Å². The lowest BCUT2D eigenvalue weighted by Crippen LogP contribution is -2.22. The lowest BCUT2D eigenvalue weighted by atomic mass is 9.91. The minimum Gasteiger partial charge on any atom is -0.316 e. The third-order valence-electron chi connectivity index (χ3n) is 3.53. The van der Waals surface area contributed by atoms with Crippen molar-refractivity contribution in [2.75, 3.05) is 13.1 Å². The zero-order chi connectivity index (χ0) is 14.4. The molecule has 2 heteroatoms. The number of nitrogens with one attached hydrogen (secondary N) is 1. The molecule has 0 amide bonds. The average Bonchev–Trinajstić information content (AvgIpc) is 2.43. The number of rotatable bonds is 6. The Morgan fingerprint density at radius 1 is 1.10 bits per heavy atom. The summed E-state index contributed by atoms with van der Waals surface area (Å²) in [7, 11) is 0. The molecule has 20 heavy (non-hydrogen) atoms. The highest BCUT2D eigenvalue weighted by Crippen LogP contribution is 2.21. The van der Waals surface area contributed by atoms with Crippen LogP contribution in [-0.2, 0) is 6.42 Å². The summed E-state index contributed by atoms with van der Waals surface area (Å²) in [6.07, 6.45) is 0.929. The molecule has 1 unspecified atom stereocenters. The zero-order valence-corrected chi connectivity index (χ0v) is 12.2. The van der Waals surface area contributed by atoms with Crippen molar-refractivity contribution < 1.29 is 4.39 Å². The minimum absolute atomic E-state index is 0.159. The molecule has 0 saturated heterocycles. The molecule has 2 aromatic carbocycles. The van der Waals surface area contributed by atoms with Gasteiger partial charge in [-0.25, -0.2) is 4.39 Å². The van der Waals surface area contributed by atoms with E-state index in [0.717, 1.165) is 25.1 Å². The van der Waals surface area contributed by atoms with Crippen molar-refractivity contribution >= 4 is 0 Å². The topological polar surface area (TPSA) is 12.0 Å². The maximum absolute atomic E-state index is 13.4. The van der Waals surface area contributed by atoms with Crippen LogP contribution in [0.5, 0.6) is 0 Å². The van der Waals surface area contributed by atoms with Gasteiger partial charge in [0.15, 0.2) is 0 Å². The fourth-order valence-electron chi connectivity index (χ4n) is 2.51. The van der Waals surface area contributed by atoms with E-state index >= 15 is 0 Å². The molecule has 106 valence electrons. The number of hydrogen-bond acceptors (Lipinski definition) is 1. The molecule has 1 atom stereocenters. The first kappa shape index (κ1) is 14.7. The van der Waals surface area contributed by atoms with Gasteiger partial charge in [0, 0.05) is 12.5 Å². The molecule has 0 aromatic heterocycles. The Hall–Kier alpha value is -1.67. The molecule has 2 rings (SSSR count). The van der Waals surface area contributed by atoms with Gasteiger partial charge in [-0.05, 0) is 43.1 Å². The lowest BCUT2D eigenvalue weighted by Gasteiger charge is -2.18. The summed E-state index contributed by atoms with van der Waals surface area (Å²) in [4.78, 5) is 0. The van der Waals surface area contributed by atoms with Crippen molar-refractivity contribution in [2.24, 2.45) is 0 Å². The van der Waals surface area contributed by atoms with Crippen LogP contribution in [-0.4, -0.2) is 13.1 Å². The third kappa shape index (κ3) is 4.17. The predicted octanol–water partition coefficient (Wildman–Crippen LogP) is 4.07. The standard InChI is InChI=1S/C18H22FN/c1-3-20-13-17(16-8-5-9-18(19)12-16)11-15-7-4-6-14(2)10-15/h4-10,12,17,20H,3,11,13H2,1-2H3. The normalized spacial score (nSPS) is 12.3. The zero-order valence-electron chi connectivity index (χ0n) is 12.2. The van der Waals surface area contributed by atoms with Crippen LogP contribution in [0.4, 0.5) is 4.39 Å². The molecule has 2 aromatic rings. The van der Waals surface area contributed by atoms with Crippen molar-refractivity contribution in [3.63, 3.8) is 0 Å². The smallest absolute Gasteiger partial charge is 0.123 e. The molecule has 0 radical (unpaired) electrons. The van der Waals surface area contributed by atoms with Crippen molar-refractivity contribution in [1.29, 1.82) is 0 Å². The van der Waals surface area contributed by atoms with Gasteiger partial charge >= 0.3 is 0 Å². The monoisotopic (exact) mass is 271 g/mol. The predicted molar refractivity (Wildman–Crippen MR) is 82.6 cm³/mol. The van der Waals surface area contributed by atoms with E-state index in [1.54, 1.807) is 12.1 Å². The Kier molecular flexibility index (Phi) is 5.31. The molecule has 1 N–H and O–H groups in total. The maximum atomic E-state index is 13.4. The van der Waals surface area contributed by atoms with Crippen LogP contribution in [0.25, 0.3) is 0 Å². The van der Waals surface area contributed by atoms with E-state index in [-0.39, 0.29) is 5.82 Å². The summed E-state index contributed by atoms with van der Waals surface area (Å²) in [6.45, 7) is 5.99. The van der Waals surface area contributed by atoms with E-state index in [1.807, 2.05) is 6.07 Å². The van der Waals surface area contributed by atoms with Crippen molar-refractivity contribution in [3.8, 4) is 0 Å². The van der Waals surface area contributed by atoms with Gasteiger partial charge in [0.05, 0.1) is 0 Å². The van der Waals surface area contributed by atoms with Gasteiger partial charge in [-0.1, -0.05) is 48.9 Å². The summed E-state index contributed by atoms with van der Waals surface area (Å²) in [5.41, 5.74) is 3.63. The SMILES string of the molecule is CCNCC(Cc1cccc(C)c1)c1cccc(F)c1. The molecular weight excluding hydrogens is 249 g/mol. The lowest BCUT2D eigenvalue weighted by molar-refractivity contribution is 0.583. The van der Waals surface area contributed by atoms with Crippen molar-refractivity contribution in [3.05, 3.63) is 71.0 Å². The molecular formula is C18H22FN. The molecule has 0 heterocycles. The maximum Gasteiger partial charge on any atom is 0.123 e. The fourth-order valence-corrected chi connectivity index (χ4v) is 2.51. The second kappa shape index (κ2) is 7.20. The fraction of sp³-hybridized carbons (Fsp3) is 0.333. The van der Waals surface area contributed by atoms with Crippen molar-refractivity contribution in [1.82, 2.24) is 5.32 Å². The molecule has 0 bridgehead atoms. The summed E-state index contributed by atoms with van der Waals surface area (Å²) < 4.78 is 13.4. The third-order valence-corrected chi connectivity index (χ3v) is 3.53. The van der Waals surface area contributed by atoms with Gasteiger partial charge in [-0.2, -0.15) is 0 Å². The van der Waals surface area contributed by atoms with E-state index in [2.05, 4.69) is 43.4 Å². The van der Waals surface area contributed by atoms with Gasteiger partial charge in [0.25, 0.3) is 0 Å². The highest BCUT2D eigenvalue weighted by molar-refractivity contribution is 5.27. The summed E-state index contributed by atoms with van der Waals surface area (Å²) in [5.74, 6) is 0.140. The highest BCUT2D eigenvalue weighted by Gasteiger charge is 2.12. The first-order chi connectivity index (χ1) is 9.69. The number of aryl methyl sites for hydroxylation is 1. The summed E-state index contributed by atoms with van der Waals surface area (Å²) >= 11 is 0. The first-order valence-electron chi connectivity index (χ1n) is 7.20. The Balaban J connectivity index is 2.19. The number of halogens is 1. The Bertz CT molecular complexity index is 551. The quantitative estimate of drug-likeness (QED) is 0.835. The molecule has 1 nitrogen and oxygen atoms in total. The van der Waals surface area contributed by atoms with Crippen LogP contribution >= 0.6 is 0 Å². The molecule has 0 fully saturated rings. The molecule has 0 aliphatic rings. The summed E-state index contributed by atoms with van der Waals surface area (Å²) in [6, 6.07) is 15.5. The molecule has 0 aliphatic heterocycles. The average molecular weight is 271 g/mol. The van der Waals surface area contributed by atoms with E-state index in [4.69, 9.17) is 0 Å². The number of benzene rings is 2. The Morgan fingerprint density at radius 3 is 2.60 bits per heavy atom. The van der Waals surface area contributed by atoms with Crippen molar-refractivity contribution in [2.45, 2.75) is 26.2 Å². The largest absolute Gasteiger partial charge is 0.316 e. The van der Waals surface area contributed by atoms with E-state index < -0.39 is 0 Å². The minimum atomic E-state index is -0.159. The van der Waals surface area contributed by atoms with Crippen LogP contribution in [0.2, 0.25) is 0 Å². The van der Waals surface area contributed by atoms with Crippen LogP contribution < -0.4 is 5.32 Å². The second-order valence-electron chi connectivity index (χ2n) is 5.25. The van der Waals surface area contributed by atoms with Crippen LogP contribution in [0.15, 0.2) is 48.5 Å². The number of likely N-dealkylation sites (N-methyl/N-ethyl adjacent to an activating group) is 1. The molecule has 0 saturated carbocycles. The highest BCUT2D eigenvalue weighted by atomic mass is 19.1.